The maximum atomic E-state index is 6.10. The summed E-state index contributed by atoms with van der Waals surface area (Å²) in [7, 11) is 0. The van der Waals surface area contributed by atoms with Crippen molar-refractivity contribution in [1.29, 1.82) is 0 Å². The number of anilines is 1. The third-order valence-corrected chi connectivity index (χ3v) is 4.20. The van der Waals surface area contributed by atoms with Gasteiger partial charge in [-0.1, -0.05) is 17.7 Å². The first-order chi connectivity index (χ1) is 7.79. The van der Waals surface area contributed by atoms with E-state index < -0.39 is 0 Å². The number of halogens is 1. The van der Waals surface area contributed by atoms with Gasteiger partial charge >= 0.3 is 0 Å². The molecule has 1 fully saturated rings. The normalized spacial score (nSPS) is 27.8. The van der Waals surface area contributed by atoms with Crippen LogP contribution in [0.4, 0.5) is 5.69 Å². The molecule has 0 aliphatic carbocycles. The van der Waals surface area contributed by atoms with Gasteiger partial charge in [0.05, 0.1) is 0 Å². The molecular weight excluding hydrogens is 220 g/mol. The van der Waals surface area contributed by atoms with Crippen molar-refractivity contribution in [3.8, 4) is 0 Å². The van der Waals surface area contributed by atoms with Crippen LogP contribution in [0.15, 0.2) is 18.2 Å². The number of rotatable bonds is 1. The minimum absolute atomic E-state index is 0.516. The molecule has 86 valence electrons. The van der Waals surface area contributed by atoms with Crippen molar-refractivity contribution >= 4 is 17.3 Å². The van der Waals surface area contributed by atoms with Crippen LogP contribution in [0.25, 0.3) is 0 Å². The van der Waals surface area contributed by atoms with Crippen LogP contribution < -0.4 is 10.6 Å². The van der Waals surface area contributed by atoms with E-state index in [1.165, 1.54) is 36.9 Å². The Balaban J connectivity index is 2.04. The lowest BCUT2D eigenvalue weighted by molar-refractivity contribution is 0.563. The molecule has 0 bridgehead atoms. The number of hydrogen-bond donors (Lipinski definition) is 1. The average molecular weight is 237 g/mol. The number of benzene rings is 1. The molecule has 1 saturated heterocycles. The van der Waals surface area contributed by atoms with E-state index in [4.69, 9.17) is 17.3 Å². The molecule has 2 heterocycles. The molecule has 0 amide bonds. The van der Waals surface area contributed by atoms with E-state index in [1.807, 2.05) is 6.07 Å². The molecule has 16 heavy (non-hydrogen) atoms. The second-order valence-electron chi connectivity index (χ2n) is 4.84. The lowest BCUT2D eigenvalue weighted by Crippen LogP contribution is -2.43. The monoisotopic (exact) mass is 236 g/mol. The molecule has 0 spiro atoms. The third kappa shape index (κ3) is 1.52. The molecule has 2 nitrogen and oxygen atoms in total. The molecule has 0 aromatic heterocycles. The van der Waals surface area contributed by atoms with Gasteiger partial charge in [-0.25, -0.2) is 0 Å². The Morgan fingerprint density at radius 2 is 2.19 bits per heavy atom. The molecule has 0 saturated carbocycles. The molecule has 2 aliphatic heterocycles. The van der Waals surface area contributed by atoms with Crippen molar-refractivity contribution in [2.45, 2.75) is 37.8 Å². The summed E-state index contributed by atoms with van der Waals surface area (Å²) in [4.78, 5) is 2.52. The summed E-state index contributed by atoms with van der Waals surface area (Å²) >= 11 is 6.10. The number of hydrogen-bond acceptors (Lipinski definition) is 2. The Labute approximate surface area is 101 Å². The maximum absolute atomic E-state index is 6.10. The molecular formula is C13H17ClN2. The van der Waals surface area contributed by atoms with Gasteiger partial charge < -0.3 is 10.6 Å². The number of nitrogens with two attached hydrogens (primary N) is 1. The van der Waals surface area contributed by atoms with Gasteiger partial charge in [0.1, 0.15) is 0 Å². The molecule has 0 radical (unpaired) electrons. The Kier molecular flexibility index (Phi) is 2.56. The van der Waals surface area contributed by atoms with E-state index in [0.29, 0.717) is 12.1 Å². The predicted octanol–water partition coefficient (Wildman–Crippen LogP) is 2.58. The van der Waals surface area contributed by atoms with Crippen molar-refractivity contribution in [2.75, 3.05) is 11.4 Å². The summed E-state index contributed by atoms with van der Waals surface area (Å²) in [6, 6.07) is 7.48. The van der Waals surface area contributed by atoms with Crippen LogP contribution in [0, 0.1) is 0 Å². The highest BCUT2D eigenvalue weighted by Crippen LogP contribution is 2.40. The van der Waals surface area contributed by atoms with Gasteiger partial charge in [0.25, 0.3) is 0 Å². The predicted molar refractivity (Wildman–Crippen MR) is 68.1 cm³/mol. The highest BCUT2D eigenvalue weighted by atomic mass is 35.5. The van der Waals surface area contributed by atoms with Crippen molar-refractivity contribution < 1.29 is 0 Å². The molecule has 1 aromatic carbocycles. The van der Waals surface area contributed by atoms with Crippen LogP contribution in [-0.4, -0.2) is 18.6 Å². The molecule has 3 heteroatoms. The lowest BCUT2D eigenvalue weighted by Gasteiger charge is -2.37. The van der Waals surface area contributed by atoms with E-state index >= 15 is 0 Å². The fourth-order valence-corrected chi connectivity index (χ4v) is 3.35. The molecule has 2 atom stereocenters. The van der Waals surface area contributed by atoms with Crippen molar-refractivity contribution in [3.05, 3.63) is 28.8 Å². The molecule has 1 aromatic rings. The van der Waals surface area contributed by atoms with Crippen molar-refractivity contribution in [2.24, 2.45) is 5.73 Å². The van der Waals surface area contributed by atoms with Gasteiger partial charge in [-0.05, 0) is 43.4 Å². The minimum Gasteiger partial charge on any atom is -0.364 e. The Bertz CT molecular complexity index is 405. The summed E-state index contributed by atoms with van der Waals surface area (Å²) in [5.41, 5.74) is 8.62. The van der Waals surface area contributed by atoms with E-state index in [2.05, 4.69) is 17.0 Å². The van der Waals surface area contributed by atoms with Gasteiger partial charge in [-0.2, -0.15) is 0 Å². The number of fused-ring (bicyclic) bond motifs is 3. The second-order valence-corrected chi connectivity index (χ2v) is 5.28. The quantitative estimate of drug-likeness (QED) is 0.812. The Morgan fingerprint density at radius 3 is 3.00 bits per heavy atom. The molecule has 3 rings (SSSR count). The van der Waals surface area contributed by atoms with Crippen molar-refractivity contribution in [3.63, 3.8) is 0 Å². The van der Waals surface area contributed by atoms with E-state index in [1.54, 1.807) is 0 Å². The van der Waals surface area contributed by atoms with Gasteiger partial charge in [-0.3, -0.25) is 0 Å². The Morgan fingerprint density at radius 1 is 1.31 bits per heavy atom. The maximum Gasteiger partial charge on any atom is 0.0426 e. The minimum atomic E-state index is 0.516. The van der Waals surface area contributed by atoms with Crippen LogP contribution >= 0.6 is 11.6 Å². The topological polar surface area (TPSA) is 29.3 Å². The third-order valence-electron chi connectivity index (χ3n) is 3.96. The van der Waals surface area contributed by atoms with Gasteiger partial charge in [0.2, 0.25) is 0 Å². The highest BCUT2D eigenvalue weighted by molar-refractivity contribution is 6.30. The zero-order valence-electron chi connectivity index (χ0n) is 9.32. The fraction of sp³-hybridized carbons (Fsp3) is 0.538. The number of nitrogens with zero attached hydrogens (tertiary/aromatic N) is 1. The second kappa shape index (κ2) is 3.94. The van der Waals surface area contributed by atoms with E-state index in [0.717, 1.165) is 11.6 Å². The smallest absolute Gasteiger partial charge is 0.0426 e. The Hall–Kier alpha value is -0.730. The highest BCUT2D eigenvalue weighted by Gasteiger charge is 2.36. The van der Waals surface area contributed by atoms with Crippen molar-refractivity contribution in [1.82, 2.24) is 0 Å². The van der Waals surface area contributed by atoms with Crippen LogP contribution in [0.3, 0.4) is 0 Å². The van der Waals surface area contributed by atoms with E-state index in [9.17, 15) is 0 Å². The first kappa shape index (κ1) is 10.4. The number of aryl methyl sites for hydroxylation is 1. The summed E-state index contributed by atoms with van der Waals surface area (Å²) in [6.45, 7) is 0.752. The van der Waals surface area contributed by atoms with Gasteiger partial charge in [0.15, 0.2) is 0 Å². The van der Waals surface area contributed by atoms with E-state index in [-0.39, 0.29) is 0 Å². The summed E-state index contributed by atoms with van der Waals surface area (Å²) in [5.74, 6) is 0. The zero-order valence-corrected chi connectivity index (χ0v) is 10.1. The molecule has 2 aliphatic rings. The summed E-state index contributed by atoms with van der Waals surface area (Å²) < 4.78 is 0. The van der Waals surface area contributed by atoms with Crippen LogP contribution in [0.1, 0.15) is 24.8 Å². The SMILES string of the molecule is NCC1CCC2CCc3ccc(Cl)cc3N12. The summed E-state index contributed by atoms with van der Waals surface area (Å²) in [5, 5.41) is 0.835. The van der Waals surface area contributed by atoms with Crippen LogP contribution in [-0.2, 0) is 6.42 Å². The first-order valence-electron chi connectivity index (χ1n) is 6.06. The fourth-order valence-electron chi connectivity index (χ4n) is 3.18. The largest absolute Gasteiger partial charge is 0.364 e. The standard InChI is InChI=1S/C13H17ClN2/c14-10-3-1-9-2-4-11-5-6-12(8-15)16(11)13(9)7-10/h1,3,7,11-12H,2,4-6,8,15H2. The van der Waals surface area contributed by atoms with Crippen LogP contribution in [0.5, 0.6) is 0 Å². The average Bonchev–Trinajstić information content (AvgIpc) is 2.72. The first-order valence-corrected chi connectivity index (χ1v) is 6.44. The summed E-state index contributed by atoms with van der Waals surface area (Å²) in [6.07, 6.45) is 4.97. The van der Waals surface area contributed by atoms with Gasteiger partial charge in [-0.15, -0.1) is 0 Å². The van der Waals surface area contributed by atoms with Gasteiger partial charge in [0, 0.05) is 29.3 Å². The zero-order chi connectivity index (χ0) is 11.1. The van der Waals surface area contributed by atoms with Crippen LogP contribution in [0.2, 0.25) is 5.02 Å². The lowest BCUT2D eigenvalue weighted by atomic mass is 9.96. The molecule has 2 N–H and O–H groups in total. The molecule has 2 unspecified atom stereocenters.